The lowest BCUT2D eigenvalue weighted by Gasteiger charge is -2.30. The average molecular weight is 423 g/mol. The molecule has 1 aromatic heterocycles. The minimum absolute atomic E-state index is 0.00745. The normalized spacial score (nSPS) is 16.6. The van der Waals surface area contributed by atoms with Gasteiger partial charge in [-0.2, -0.15) is 0 Å². The van der Waals surface area contributed by atoms with Crippen molar-refractivity contribution < 1.29 is 14.0 Å². The van der Waals surface area contributed by atoms with Crippen LogP contribution in [-0.4, -0.2) is 39.3 Å². The number of fused-ring (bicyclic) bond motifs is 1. The molecule has 2 N–H and O–H groups in total. The molecule has 4 rings (SSSR count). The Morgan fingerprint density at radius 3 is 2.74 bits per heavy atom. The van der Waals surface area contributed by atoms with Crippen molar-refractivity contribution in [3.8, 4) is 0 Å². The molecule has 162 valence electrons. The second-order valence-corrected chi connectivity index (χ2v) is 9.08. The topological polar surface area (TPSA) is 78.1 Å². The number of amides is 2. The first-order valence-corrected chi connectivity index (χ1v) is 10.6. The van der Waals surface area contributed by atoms with Crippen molar-refractivity contribution in [2.45, 2.75) is 46.1 Å². The van der Waals surface area contributed by atoms with Gasteiger partial charge in [-0.3, -0.25) is 9.59 Å². The summed E-state index contributed by atoms with van der Waals surface area (Å²) in [6.07, 6.45) is 1.83. The highest BCUT2D eigenvalue weighted by Gasteiger charge is 2.38. The molecule has 31 heavy (non-hydrogen) atoms. The van der Waals surface area contributed by atoms with Crippen LogP contribution in [0.4, 0.5) is 10.1 Å². The van der Waals surface area contributed by atoms with Gasteiger partial charge in [0.25, 0.3) is 0 Å². The number of halogens is 1. The lowest BCUT2D eigenvalue weighted by molar-refractivity contribution is -0.143. The second kappa shape index (κ2) is 8.13. The number of anilines is 1. The molecule has 0 spiro atoms. The van der Waals surface area contributed by atoms with Crippen molar-refractivity contribution in [3.05, 3.63) is 59.7 Å². The van der Waals surface area contributed by atoms with Crippen LogP contribution in [0.3, 0.4) is 0 Å². The Hall–Kier alpha value is -3.22. The van der Waals surface area contributed by atoms with E-state index in [-0.39, 0.29) is 17.6 Å². The molecule has 0 saturated carbocycles. The van der Waals surface area contributed by atoms with Crippen LogP contribution in [0.15, 0.2) is 42.5 Å². The number of benzene rings is 2. The third-order valence-corrected chi connectivity index (χ3v) is 5.57. The number of hydrogen-bond acceptors (Lipinski definition) is 3. The molecule has 1 aliphatic rings. The van der Waals surface area contributed by atoms with Gasteiger partial charge in [-0.1, -0.05) is 39.0 Å². The number of aromatic amines is 1. The summed E-state index contributed by atoms with van der Waals surface area (Å²) in [5.41, 5.74) is 2.19. The van der Waals surface area contributed by atoms with E-state index in [1.165, 1.54) is 6.07 Å². The highest BCUT2D eigenvalue weighted by Crippen LogP contribution is 2.27. The number of carbonyl (C=O) groups is 2. The molecular weight excluding hydrogens is 395 g/mol. The quantitative estimate of drug-likeness (QED) is 0.659. The highest BCUT2D eigenvalue weighted by molar-refractivity contribution is 5.99. The van der Waals surface area contributed by atoms with Gasteiger partial charge < -0.3 is 15.2 Å². The molecule has 2 amide bonds. The summed E-state index contributed by atoms with van der Waals surface area (Å²) >= 11 is 0. The summed E-state index contributed by atoms with van der Waals surface area (Å²) in [4.78, 5) is 35.0. The number of likely N-dealkylation sites (tertiary alicyclic amines) is 1. The third kappa shape index (κ3) is 4.45. The molecular formula is C24H27FN4O2. The third-order valence-electron chi connectivity index (χ3n) is 5.57. The molecule has 7 heteroatoms. The molecule has 6 nitrogen and oxygen atoms in total. The van der Waals surface area contributed by atoms with Gasteiger partial charge in [0.2, 0.25) is 11.8 Å². The minimum atomic E-state index is -0.522. The SMILES string of the molecule is CC(C)(C)C(=O)N1CCCC1C(=O)Nc1ccc2nc(Cc3ccccc3F)[nH]c2c1. The lowest BCUT2D eigenvalue weighted by Crippen LogP contribution is -2.47. The Bertz CT molecular complexity index is 1130. The summed E-state index contributed by atoms with van der Waals surface area (Å²) in [7, 11) is 0. The second-order valence-electron chi connectivity index (χ2n) is 9.08. The molecule has 1 unspecified atom stereocenters. The largest absolute Gasteiger partial charge is 0.342 e. The maximum absolute atomic E-state index is 13.9. The monoisotopic (exact) mass is 422 g/mol. The molecule has 0 aliphatic carbocycles. The number of H-pyrrole nitrogens is 1. The van der Waals surface area contributed by atoms with Crippen LogP contribution < -0.4 is 5.32 Å². The summed E-state index contributed by atoms with van der Waals surface area (Å²) in [6.45, 7) is 6.21. The summed E-state index contributed by atoms with van der Waals surface area (Å²) in [6, 6.07) is 11.6. The standard InChI is InChI=1S/C24H27FN4O2/c1-24(2,3)23(31)29-12-6-9-20(29)22(30)26-16-10-11-18-19(14-16)28-21(27-18)13-15-7-4-5-8-17(15)25/h4-5,7-8,10-11,14,20H,6,9,12-13H2,1-3H3,(H,26,30)(H,27,28). The van der Waals surface area contributed by atoms with E-state index in [4.69, 9.17) is 0 Å². The number of hydrogen-bond donors (Lipinski definition) is 2. The highest BCUT2D eigenvalue weighted by atomic mass is 19.1. The summed E-state index contributed by atoms with van der Waals surface area (Å²) < 4.78 is 13.9. The summed E-state index contributed by atoms with van der Waals surface area (Å²) in [5, 5.41) is 2.94. The van der Waals surface area contributed by atoms with Gasteiger partial charge in [-0.15, -0.1) is 0 Å². The van der Waals surface area contributed by atoms with Crippen LogP contribution in [0, 0.1) is 11.2 Å². The fraction of sp³-hybridized carbons (Fsp3) is 0.375. The summed E-state index contributed by atoms with van der Waals surface area (Å²) in [5.74, 6) is 0.204. The van der Waals surface area contributed by atoms with Gasteiger partial charge in [0.1, 0.15) is 17.7 Å². The zero-order valence-electron chi connectivity index (χ0n) is 18.0. The molecule has 1 atom stereocenters. The fourth-order valence-corrected chi connectivity index (χ4v) is 3.98. The first-order chi connectivity index (χ1) is 14.7. The van der Waals surface area contributed by atoms with Gasteiger partial charge in [0, 0.05) is 24.1 Å². The van der Waals surface area contributed by atoms with Gasteiger partial charge in [0.15, 0.2) is 0 Å². The van der Waals surface area contributed by atoms with Crippen molar-refractivity contribution in [3.63, 3.8) is 0 Å². The molecule has 2 aromatic carbocycles. The zero-order chi connectivity index (χ0) is 22.2. The predicted molar refractivity (Wildman–Crippen MR) is 118 cm³/mol. The Balaban J connectivity index is 1.49. The molecule has 3 aromatic rings. The number of aromatic nitrogens is 2. The lowest BCUT2D eigenvalue weighted by atomic mass is 9.94. The molecule has 1 fully saturated rings. The van der Waals surface area contributed by atoms with Gasteiger partial charge in [0.05, 0.1) is 11.0 Å². The predicted octanol–water partition coefficient (Wildman–Crippen LogP) is 4.27. The van der Waals surface area contributed by atoms with E-state index in [1.54, 1.807) is 29.2 Å². The van der Waals surface area contributed by atoms with E-state index in [9.17, 15) is 14.0 Å². The zero-order valence-corrected chi connectivity index (χ0v) is 18.0. The fourth-order valence-electron chi connectivity index (χ4n) is 3.98. The number of carbonyl (C=O) groups excluding carboxylic acids is 2. The minimum Gasteiger partial charge on any atom is -0.342 e. The van der Waals surface area contributed by atoms with Crippen molar-refractivity contribution >= 4 is 28.5 Å². The van der Waals surface area contributed by atoms with E-state index < -0.39 is 11.5 Å². The number of nitrogens with zero attached hydrogens (tertiary/aromatic N) is 2. The Morgan fingerprint density at radius 1 is 1.23 bits per heavy atom. The van der Waals surface area contributed by atoms with Gasteiger partial charge >= 0.3 is 0 Å². The molecule has 1 aliphatic heterocycles. The van der Waals surface area contributed by atoms with Crippen LogP contribution in [0.5, 0.6) is 0 Å². The molecule has 2 heterocycles. The Kier molecular flexibility index (Phi) is 5.52. The Labute approximate surface area is 180 Å². The van der Waals surface area contributed by atoms with Gasteiger partial charge in [-0.25, -0.2) is 9.37 Å². The van der Waals surface area contributed by atoms with Crippen molar-refractivity contribution in [2.24, 2.45) is 5.41 Å². The molecule has 0 bridgehead atoms. The van der Waals surface area contributed by atoms with Crippen molar-refractivity contribution in [1.29, 1.82) is 0 Å². The van der Waals surface area contributed by atoms with Crippen LogP contribution in [0.1, 0.15) is 45.0 Å². The van der Waals surface area contributed by atoms with E-state index in [1.807, 2.05) is 32.9 Å². The van der Waals surface area contributed by atoms with E-state index in [0.717, 1.165) is 17.5 Å². The van der Waals surface area contributed by atoms with Crippen LogP contribution in [0.25, 0.3) is 11.0 Å². The van der Waals surface area contributed by atoms with E-state index in [0.29, 0.717) is 36.5 Å². The first-order valence-electron chi connectivity index (χ1n) is 10.6. The number of rotatable bonds is 4. The van der Waals surface area contributed by atoms with Crippen LogP contribution >= 0.6 is 0 Å². The number of nitrogens with one attached hydrogen (secondary N) is 2. The van der Waals surface area contributed by atoms with Crippen LogP contribution in [-0.2, 0) is 16.0 Å². The average Bonchev–Trinajstić information content (AvgIpc) is 3.34. The smallest absolute Gasteiger partial charge is 0.247 e. The number of imidazole rings is 1. The molecule has 0 radical (unpaired) electrons. The maximum atomic E-state index is 13.9. The maximum Gasteiger partial charge on any atom is 0.247 e. The van der Waals surface area contributed by atoms with Crippen molar-refractivity contribution in [2.75, 3.05) is 11.9 Å². The van der Waals surface area contributed by atoms with Gasteiger partial charge in [-0.05, 0) is 42.7 Å². The molecule has 1 saturated heterocycles. The van der Waals surface area contributed by atoms with Crippen LogP contribution in [0.2, 0.25) is 0 Å². The first kappa shape index (κ1) is 21.0. The van der Waals surface area contributed by atoms with E-state index in [2.05, 4.69) is 15.3 Å². The van der Waals surface area contributed by atoms with Crippen molar-refractivity contribution in [1.82, 2.24) is 14.9 Å². The Morgan fingerprint density at radius 2 is 2.00 bits per heavy atom. The van der Waals surface area contributed by atoms with E-state index >= 15 is 0 Å².